The molecule has 6 nitrogen and oxygen atoms in total. The van der Waals surface area contributed by atoms with E-state index >= 15 is 0 Å². The molecule has 2 N–H and O–H groups in total. The van der Waals surface area contributed by atoms with Crippen LogP contribution in [0, 0.1) is 20.8 Å². The fourth-order valence-corrected chi connectivity index (χ4v) is 3.95. The van der Waals surface area contributed by atoms with Crippen molar-refractivity contribution in [3.05, 3.63) is 64.2 Å². The van der Waals surface area contributed by atoms with Crippen molar-refractivity contribution < 1.29 is 19.4 Å². The summed E-state index contributed by atoms with van der Waals surface area (Å²) in [5.41, 5.74) is 3.77. The maximum atomic E-state index is 13.2. The summed E-state index contributed by atoms with van der Waals surface area (Å²) in [6.45, 7) is 13.8. The number of aryl methyl sites for hydroxylation is 2. The van der Waals surface area contributed by atoms with Gasteiger partial charge in [-0.3, -0.25) is 9.69 Å². The molecule has 2 atom stereocenters. The lowest BCUT2D eigenvalue weighted by Gasteiger charge is -2.25. The van der Waals surface area contributed by atoms with Crippen LogP contribution in [-0.2, 0) is 15.7 Å². The highest BCUT2D eigenvalue weighted by Gasteiger charge is 2.49. The number of rotatable bonds is 6. The molecule has 1 fully saturated rings. The summed E-state index contributed by atoms with van der Waals surface area (Å²) in [4.78, 5) is 26.8. The van der Waals surface area contributed by atoms with Crippen molar-refractivity contribution in [3.63, 3.8) is 0 Å². The van der Waals surface area contributed by atoms with Gasteiger partial charge in [0.2, 0.25) is 0 Å². The normalized spacial score (nSPS) is 19.8. The molecule has 0 saturated carbocycles. The third-order valence-electron chi connectivity index (χ3n) is 6.29. The molecule has 0 radical (unpaired) electrons. The Morgan fingerprint density at radius 2 is 1.62 bits per heavy atom. The molecule has 172 valence electrons. The molecule has 6 heteroatoms. The first-order chi connectivity index (χ1) is 14.8. The predicted molar refractivity (Wildman–Crippen MR) is 125 cm³/mol. The largest absolute Gasteiger partial charge is 0.490 e. The maximum Gasteiger partial charge on any atom is 0.325 e. The standard InChI is InChI=1S/C26H34N2O4/c1-16-8-9-17(2)22(18(16)3)32-15-21(29)14-28-23(30)26(7,27-24(28)31)20-12-10-19(11-13-20)25(4,5)6/h8-13,21,29H,14-15H2,1-7H3,(H,27,31)/t21-,26-/m0/s1. The number of benzene rings is 2. The molecular formula is C26H34N2O4. The van der Waals surface area contributed by atoms with Crippen molar-refractivity contribution in [3.8, 4) is 5.75 Å². The highest BCUT2D eigenvalue weighted by molar-refractivity contribution is 6.07. The van der Waals surface area contributed by atoms with E-state index in [0.717, 1.165) is 32.9 Å². The van der Waals surface area contributed by atoms with Crippen LogP contribution in [0.5, 0.6) is 5.75 Å². The molecule has 0 bridgehead atoms. The average Bonchev–Trinajstić information content (AvgIpc) is 2.94. The Bertz CT molecular complexity index is 1020. The van der Waals surface area contributed by atoms with E-state index in [4.69, 9.17) is 4.74 Å². The van der Waals surface area contributed by atoms with Gasteiger partial charge >= 0.3 is 6.03 Å². The van der Waals surface area contributed by atoms with E-state index in [0.29, 0.717) is 5.56 Å². The van der Waals surface area contributed by atoms with Crippen LogP contribution in [0.15, 0.2) is 36.4 Å². The second kappa shape index (κ2) is 8.58. The lowest BCUT2D eigenvalue weighted by atomic mass is 9.84. The minimum Gasteiger partial charge on any atom is -0.490 e. The Balaban J connectivity index is 1.70. The van der Waals surface area contributed by atoms with E-state index in [-0.39, 0.29) is 24.5 Å². The van der Waals surface area contributed by atoms with Gasteiger partial charge in [0.15, 0.2) is 0 Å². The zero-order chi connectivity index (χ0) is 23.8. The maximum absolute atomic E-state index is 13.2. The van der Waals surface area contributed by atoms with Crippen LogP contribution in [0.2, 0.25) is 0 Å². The molecule has 1 aliphatic heterocycles. The highest BCUT2D eigenvalue weighted by atomic mass is 16.5. The smallest absolute Gasteiger partial charge is 0.325 e. The fraction of sp³-hybridized carbons (Fsp3) is 0.462. The molecule has 1 heterocycles. The van der Waals surface area contributed by atoms with Gasteiger partial charge in [0, 0.05) is 0 Å². The zero-order valence-electron chi connectivity index (χ0n) is 20.1. The van der Waals surface area contributed by atoms with E-state index in [2.05, 4.69) is 26.1 Å². The van der Waals surface area contributed by atoms with Crippen LogP contribution in [0.4, 0.5) is 4.79 Å². The number of nitrogens with zero attached hydrogens (tertiary/aromatic N) is 1. The van der Waals surface area contributed by atoms with Gasteiger partial charge in [-0.05, 0) is 60.9 Å². The van der Waals surface area contributed by atoms with Crippen molar-refractivity contribution in [2.24, 2.45) is 0 Å². The van der Waals surface area contributed by atoms with Crippen molar-refractivity contribution >= 4 is 11.9 Å². The molecule has 3 amide bonds. The van der Waals surface area contributed by atoms with Crippen molar-refractivity contribution in [2.45, 2.75) is 65.5 Å². The number of hydrogen-bond donors (Lipinski definition) is 2. The molecule has 3 rings (SSSR count). The van der Waals surface area contributed by atoms with E-state index in [1.807, 2.05) is 57.2 Å². The Labute approximate surface area is 190 Å². The third kappa shape index (κ3) is 4.51. The number of amides is 3. The van der Waals surface area contributed by atoms with Crippen molar-refractivity contribution in [1.29, 1.82) is 0 Å². The second-order valence-electron chi connectivity index (χ2n) is 9.92. The average molecular weight is 439 g/mol. The van der Waals surface area contributed by atoms with Gasteiger partial charge in [-0.1, -0.05) is 57.2 Å². The number of aliphatic hydroxyl groups is 1. The number of aliphatic hydroxyl groups excluding tert-OH is 1. The van der Waals surface area contributed by atoms with Crippen LogP contribution >= 0.6 is 0 Å². The van der Waals surface area contributed by atoms with Gasteiger partial charge in [-0.2, -0.15) is 0 Å². The number of β-amino-alcohol motifs (C(OH)–C–C–N with tert-alkyl or cyclic N) is 1. The highest BCUT2D eigenvalue weighted by Crippen LogP contribution is 2.31. The summed E-state index contributed by atoms with van der Waals surface area (Å²) in [5.74, 6) is 0.345. The summed E-state index contributed by atoms with van der Waals surface area (Å²) in [6.07, 6.45) is -1.00. The molecule has 0 spiro atoms. The van der Waals surface area contributed by atoms with Gasteiger partial charge in [0.1, 0.15) is 24.0 Å². The number of imide groups is 1. The first kappa shape index (κ1) is 23.8. The molecule has 32 heavy (non-hydrogen) atoms. The van der Waals surface area contributed by atoms with Crippen LogP contribution in [0.25, 0.3) is 0 Å². The number of hydrogen-bond acceptors (Lipinski definition) is 4. The first-order valence-corrected chi connectivity index (χ1v) is 11.0. The summed E-state index contributed by atoms with van der Waals surface area (Å²) in [6, 6.07) is 11.2. The van der Waals surface area contributed by atoms with E-state index in [1.54, 1.807) is 6.92 Å². The molecule has 0 aromatic heterocycles. The van der Waals surface area contributed by atoms with E-state index in [9.17, 15) is 14.7 Å². The van der Waals surface area contributed by atoms with Gasteiger partial charge in [-0.25, -0.2) is 4.79 Å². The second-order valence-corrected chi connectivity index (χ2v) is 9.92. The molecule has 0 unspecified atom stereocenters. The lowest BCUT2D eigenvalue weighted by molar-refractivity contribution is -0.132. The third-order valence-corrected chi connectivity index (χ3v) is 6.29. The van der Waals surface area contributed by atoms with Crippen LogP contribution in [0.3, 0.4) is 0 Å². The SMILES string of the molecule is Cc1ccc(C)c(OC[C@@H](O)CN2C(=O)N[C@@](C)(c3ccc(C(C)(C)C)cc3)C2=O)c1C. The quantitative estimate of drug-likeness (QED) is 0.665. The van der Waals surface area contributed by atoms with Crippen molar-refractivity contribution in [1.82, 2.24) is 10.2 Å². The summed E-state index contributed by atoms with van der Waals surface area (Å²) in [7, 11) is 0. The predicted octanol–water partition coefficient (Wildman–Crippen LogP) is 4.12. The lowest BCUT2D eigenvalue weighted by Crippen LogP contribution is -2.42. The Hall–Kier alpha value is -2.86. The van der Waals surface area contributed by atoms with Gasteiger partial charge in [-0.15, -0.1) is 0 Å². The van der Waals surface area contributed by atoms with Gasteiger partial charge in [0.25, 0.3) is 5.91 Å². The minimum absolute atomic E-state index is 0.00743. The number of carbonyl (C=O) groups is 2. The fourth-order valence-electron chi connectivity index (χ4n) is 3.95. The van der Waals surface area contributed by atoms with Gasteiger partial charge in [0.05, 0.1) is 6.54 Å². The number of carbonyl (C=O) groups excluding carboxylic acids is 2. The van der Waals surface area contributed by atoms with Gasteiger partial charge < -0.3 is 15.2 Å². The molecule has 1 aliphatic rings. The molecule has 1 saturated heterocycles. The van der Waals surface area contributed by atoms with Crippen molar-refractivity contribution in [2.75, 3.05) is 13.2 Å². The molecule has 0 aliphatic carbocycles. The minimum atomic E-state index is -1.17. The monoisotopic (exact) mass is 438 g/mol. The summed E-state index contributed by atoms with van der Waals surface area (Å²) >= 11 is 0. The number of nitrogens with one attached hydrogen (secondary N) is 1. The first-order valence-electron chi connectivity index (χ1n) is 11.0. The van der Waals surface area contributed by atoms with Crippen LogP contribution in [-0.4, -0.2) is 41.2 Å². The summed E-state index contributed by atoms with van der Waals surface area (Å²) < 4.78 is 5.85. The number of urea groups is 1. The van der Waals surface area contributed by atoms with Crippen LogP contribution in [0.1, 0.15) is 55.5 Å². The Morgan fingerprint density at radius 1 is 1.03 bits per heavy atom. The molecular weight excluding hydrogens is 404 g/mol. The summed E-state index contributed by atoms with van der Waals surface area (Å²) in [5, 5.41) is 13.3. The Kier molecular flexibility index (Phi) is 6.38. The van der Waals surface area contributed by atoms with Crippen LogP contribution < -0.4 is 10.1 Å². The zero-order valence-corrected chi connectivity index (χ0v) is 20.1. The number of ether oxygens (including phenoxy) is 1. The van der Waals surface area contributed by atoms with E-state index < -0.39 is 17.7 Å². The molecule has 2 aromatic rings. The molecule has 2 aromatic carbocycles. The van der Waals surface area contributed by atoms with E-state index in [1.165, 1.54) is 0 Å². The Morgan fingerprint density at radius 3 is 2.22 bits per heavy atom. The topological polar surface area (TPSA) is 78.9 Å².